The first-order chi connectivity index (χ1) is 8.93. The zero-order chi connectivity index (χ0) is 14.0. The Morgan fingerprint density at radius 1 is 1.32 bits per heavy atom. The molecule has 2 aliphatic rings. The molecule has 108 valence electrons. The maximum atomic E-state index is 12.7. The molecule has 2 fully saturated rings. The van der Waals surface area contributed by atoms with Gasteiger partial charge in [0, 0.05) is 24.0 Å². The van der Waals surface area contributed by atoms with Crippen LogP contribution in [0.1, 0.15) is 39.5 Å². The van der Waals surface area contributed by atoms with Crippen LogP contribution in [0.4, 0.5) is 0 Å². The minimum Gasteiger partial charge on any atom is -0.480 e. The van der Waals surface area contributed by atoms with Gasteiger partial charge in [-0.3, -0.25) is 4.79 Å². The van der Waals surface area contributed by atoms with E-state index in [9.17, 15) is 14.7 Å². The van der Waals surface area contributed by atoms with Gasteiger partial charge in [0.1, 0.15) is 6.04 Å². The summed E-state index contributed by atoms with van der Waals surface area (Å²) in [5, 5.41) is 9.28. The van der Waals surface area contributed by atoms with Gasteiger partial charge in [-0.05, 0) is 18.3 Å². The maximum Gasteiger partial charge on any atom is 0.327 e. The number of aliphatic carboxylic acids is 1. The third-order valence-electron chi connectivity index (χ3n) is 4.50. The zero-order valence-corrected chi connectivity index (χ0v) is 12.5. The van der Waals surface area contributed by atoms with Crippen LogP contribution in [0.2, 0.25) is 0 Å². The fourth-order valence-corrected chi connectivity index (χ4v) is 4.26. The minimum atomic E-state index is -0.867. The highest BCUT2D eigenvalue weighted by molar-refractivity contribution is 7.99. The second-order valence-electron chi connectivity index (χ2n) is 6.25. The molecular formula is C14H23NO3S. The number of hydrogen-bond acceptors (Lipinski definition) is 3. The molecule has 0 aromatic carbocycles. The SMILES string of the molecule is CC1(C)CCCCC1C(=O)N1CCSCC1C(=O)O. The summed E-state index contributed by atoms with van der Waals surface area (Å²) in [6.45, 7) is 4.86. The second kappa shape index (κ2) is 5.73. The van der Waals surface area contributed by atoms with Gasteiger partial charge in [0.15, 0.2) is 0 Å². The van der Waals surface area contributed by atoms with E-state index in [1.54, 1.807) is 16.7 Å². The first-order valence-corrected chi connectivity index (χ1v) is 8.20. The number of thioether (sulfide) groups is 1. The van der Waals surface area contributed by atoms with E-state index in [1.807, 2.05) is 0 Å². The summed E-state index contributed by atoms with van der Waals surface area (Å²) in [6, 6.07) is -0.635. The van der Waals surface area contributed by atoms with Crippen LogP contribution >= 0.6 is 11.8 Å². The van der Waals surface area contributed by atoms with Crippen molar-refractivity contribution in [3.05, 3.63) is 0 Å². The number of hydrogen-bond donors (Lipinski definition) is 1. The smallest absolute Gasteiger partial charge is 0.327 e. The van der Waals surface area contributed by atoms with Gasteiger partial charge in [-0.25, -0.2) is 4.79 Å². The fraction of sp³-hybridized carbons (Fsp3) is 0.857. The van der Waals surface area contributed by atoms with Gasteiger partial charge < -0.3 is 10.0 Å². The Morgan fingerprint density at radius 2 is 2.05 bits per heavy atom. The molecule has 0 spiro atoms. The summed E-state index contributed by atoms with van der Waals surface area (Å²) in [5.41, 5.74) is 0.00295. The zero-order valence-electron chi connectivity index (χ0n) is 11.7. The molecule has 2 atom stereocenters. The van der Waals surface area contributed by atoms with E-state index >= 15 is 0 Å². The van der Waals surface area contributed by atoms with Gasteiger partial charge in [0.2, 0.25) is 5.91 Å². The molecular weight excluding hydrogens is 262 g/mol. The lowest BCUT2D eigenvalue weighted by Gasteiger charge is -2.42. The lowest BCUT2D eigenvalue weighted by Crippen LogP contribution is -2.54. The maximum absolute atomic E-state index is 12.7. The van der Waals surface area contributed by atoms with Crippen LogP contribution in [0.3, 0.4) is 0 Å². The Balaban J connectivity index is 2.14. The molecule has 2 unspecified atom stereocenters. The molecule has 1 saturated heterocycles. The highest BCUT2D eigenvalue weighted by atomic mass is 32.2. The van der Waals surface area contributed by atoms with Gasteiger partial charge >= 0.3 is 5.97 Å². The molecule has 0 bridgehead atoms. The van der Waals surface area contributed by atoms with E-state index in [0.717, 1.165) is 25.0 Å². The second-order valence-corrected chi connectivity index (χ2v) is 7.40. The molecule has 1 saturated carbocycles. The third-order valence-corrected chi connectivity index (χ3v) is 5.52. The van der Waals surface area contributed by atoms with Crippen LogP contribution < -0.4 is 0 Å². The van der Waals surface area contributed by atoms with Gasteiger partial charge in [0.05, 0.1) is 0 Å². The van der Waals surface area contributed by atoms with Crippen molar-refractivity contribution >= 4 is 23.6 Å². The average molecular weight is 285 g/mol. The summed E-state index contributed by atoms with van der Waals surface area (Å²) in [4.78, 5) is 25.7. The van der Waals surface area contributed by atoms with E-state index in [0.29, 0.717) is 12.3 Å². The number of carbonyl (C=O) groups is 2. The first kappa shape index (κ1) is 14.7. The van der Waals surface area contributed by atoms with Gasteiger partial charge in [-0.1, -0.05) is 26.7 Å². The Labute approximate surface area is 118 Å². The van der Waals surface area contributed by atoms with Crippen molar-refractivity contribution in [1.82, 2.24) is 4.90 Å². The summed E-state index contributed by atoms with van der Waals surface area (Å²) < 4.78 is 0. The number of carboxylic acid groups (broad SMARTS) is 1. The van der Waals surface area contributed by atoms with Crippen molar-refractivity contribution in [2.45, 2.75) is 45.6 Å². The van der Waals surface area contributed by atoms with Crippen LogP contribution in [0.5, 0.6) is 0 Å². The van der Waals surface area contributed by atoms with Crippen molar-refractivity contribution < 1.29 is 14.7 Å². The quantitative estimate of drug-likeness (QED) is 0.845. The molecule has 0 aromatic heterocycles. The van der Waals surface area contributed by atoms with Gasteiger partial charge in [-0.2, -0.15) is 11.8 Å². The van der Waals surface area contributed by atoms with Crippen molar-refractivity contribution in [2.24, 2.45) is 11.3 Å². The number of amides is 1. The molecule has 1 heterocycles. The van der Waals surface area contributed by atoms with E-state index in [-0.39, 0.29) is 17.2 Å². The summed E-state index contributed by atoms with van der Waals surface area (Å²) in [7, 11) is 0. The highest BCUT2D eigenvalue weighted by Crippen LogP contribution is 2.42. The Bertz CT molecular complexity index is 370. The van der Waals surface area contributed by atoms with E-state index in [4.69, 9.17) is 0 Å². The molecule has 19 heavy (non-hydrogen) atoms. The fourth-order valence-electron chi connectivity index (χ4n) is 3.22. The van der Waals surface area contributed by atoms with Gasteiger partial charge in [0.25, 0.3) is 0 Å². The Hall–Kier alpha value is -0.710. The molecule has 1 amide bonds. The molecule has 4 nitrogen and oxygen atoms in total. The minimum absolute atomic E-state index is 0.00295. The number of carbonyl (C=O) groups excluding carboxylic acids is 1. The van der Waals surface area contributed by atoms with Gasteiger partial charge in [-0.15, -0.1) is 0 Å². The summed E-state index contributed by atoms with van der Waals surface area (Å²) >= 11 is 1.62. The van der Waals surface area contributed by atoms with E-state index < -0.39 is 12.0 Å². The van der Waals surface area contributed by atoms with Crippen LogP contribution in [0, 0.1) is 11.3 Å². The summed E-state index contributed by atoms with van der Waals surface area (Å²) in [5.74, 6) is 0.564. The lowest BCUT2D eigenvalue weighted by atomic mass is 9.68. The van der Waals surface area contributed by atoms with Crippen LogP contribution in [-0.4, -0.2) is 46.0 Å². The molecule has 0 aromatic rings. The topological polar surface area (TPSA) is 57.6 Å². The van der Waals surface area contributed by atoms with Crippen molar-refractivity contribution in [3.63, 3.8) is 0 Å². The average Bonchev–Trinajstić information content (AvgIpc) is 2.37. The molecule has 0 radical (unpaired) electrons. The third kappa shape index (κ3) is 3.07. The van der Waals surface area contributed by atoms with E-state index in [2.05, 4.69) is 13.8 Å². The van der Waals surface area contributed by atoms with Crippen LogP contribution in [0.15, 0.2) is 0 Å². The standard InChI is InChI=1S/C14H23NO3S/c1-14(2)6-4-3-5-10(14)12(16)15-7-8-19-9-11(15)13(17)18/h10-11H,3-9H2,1-2H3,(H,17,18). The molecule has 1 N–H and O–H groups in total. The Kier molecular flexibility index (Phi) is 4.43. The molecule has 1 aliphatic heterocycles. The lowest BCUT2D eigenvalue weighted by molar-refractivity contribution is -0.153. The molecule has 2 rings (SSSR count). The number of carboxylic acids is 1. The summed E-state index contributed by atoms with van der Waals surface area (Å²) in [6.07, 6.45) is 4.22. The number of rotatable bonds is 2. The van der Waals surface area contributed by atoms with Crippen LogP contribution in [0.25, 0.3) is 0 Å². The molecule has 1 aliphatic carbocycles. The number of nitrogens with zero attached hydrogens (tertiary/aromatic N) is 1. The predicted molar refractivity (Wildman–Crippen MR) is 76.2 cm³/mol. The van der Waals surface area contributed by atoms with E-state index in [1.165, 1.54) is 6.42 Å². The highest BCUT2D eigenvalue weighted by Gasteiger charge is 2.42. The van der Waals surface area contributed by atoms with Crippen LogP contribution in [-0.2, 0) is 9.59 Å². The van der Waals surface area contributed by atoms with Crippen molar-refractivity contribution in [3.8, 4) is 0 Å². The Morgan fingerprint density at radius 3 is 2.68 bits per heavy atom. The monoisotopic (exact) mass is 285 g/mol. The van der Waals surface area contributed by atoms with Crippen molar-refractivity contribution in [2.75, 3.05) is 18.1 Å². The predicted octanol–water partition coefficient (Wildman–Crippen LogP) is 2.23. The first-order valence-electron chi connectivity index (χ1n) is 7.04. The molecule has 5 heteroatoms. The van der Waals surface area contributed by atoms with Crippen molar-refractivity contribution in [1.29, 1.82) is 0 Å². The largest absolute Gasteiger partial charge is 0.480 e. The normalized spacial score (nSPS) is 30.9.